The van der Waals surface area contributed by atoms with Gasteiger partial charge in [0.25, 0.3) is 5.91 Å². The topological polar surface area (TPSA) is 95.5 Å². The van der Waals surface area contributed by atoms with Crippen LogP contribution in [-0.4, -0.2) is 28.9 Å². The van der Waals surface area contributed by atoms with Gasteiger partial charge in [-0.25, -0.2) is 0 Å². The molecule has 0 fully saturated rings. The molecule has 25 heavy (non-hydrogen) atoms. The third-order valence-electron chi connectivity index (χ3n) is 4.49. The van der Waals surface area contributed by atoms with Gasteiger partial charge in [0, 0.05) is 17.3 Å². The van der Waals surface area contributed by atoms with Gasteiger partial charge in [-0.15, -0.1) is 0 Å². The van der Waals surface area contributed by atoms with Gasteiger partial charge >= 0.3 is 5.97 Å². The molecule has 6 nitrogen and oxygen atoms in total. The van der Waals surface area contributed by atoms with Crippen LogP contribution in [-0.2, 0) is 9.59 Å². The first-order valence-corrected chi connectivity index (χ1v) is 8.52. The Morgan fingerprint density at radius 1 is 1.12 bits per heavy atom. The molecule has 0 heterocycles. The third-order valence-corrected chi connectivity index (χ3v) is 4.49. The van der Waals surface area contributed by atoms with Crippen molar-refractivity contribution in [1.82, 2.24) is 5.32 Å². The highest BCUT2D eigenvalue weighted by Crippen LogP contribution is 2.27. The fraction of sp³-hybridized carbons (Fsp3) is 0.421. The Bertz CT molecular complexity index is 667. The molecule has 0 spiro atoms. The van der Waals surface area contributed by atoms with Gasteiger partial charge in [0.15, 0.2) is 0 Å². The van der Waals surface area contributed by atoms with Crippen molar-refractivity contribution in [2.24, 2.45) is 11.8 Å². The first-order valence-electron chi connectivity index (χ1n) is 8.52. The van der Waals surface area contributed by atoms with E-state index >= 15 is 0 Å². The molecule has 0 aromatic heterocycles. The van der Waals surface area contributed by atoms with E-state index in [1.165, 1.54) is 0 Å². The highest BCUT2D eigenvalue weighted by Gasteiger charge is 2.33. The highest BCUT2D eigenvalue weighted by molar-refractivity contribution is 5.97. The Labute approximate surface area is 147 Å². The van der Waals surface area contributed by atoms with Crippen LogP contribution in [0.1, 0.15) is 43.5 Å². The zero-order chi connectivity index (χ0) is 18.4. The molecule has 1 aromatic rings. The monoisotopic (exact) mass is 344 g/mol. The number of aliphatic carboxylic acids is 1. The molecule has 6 heteroatoms. The first kappa shape index (κ1) is 18.7. The zero-order valence-corrected chi connectivity index (χ0v) is 14.5. The number of hydrogen-bond donors (Lipinski definition) is 3. The van der Waals surface area contributed by atoms with Gasteiger partial charge in [-0.3, -0.25) is 14.4 Å². The van der Waals surface area contributed by atoms with Gasteiger partial charge in [0.2, 0.25) is 5.91 Å². The van der Waals surface area contributed by atoms with E-state index in [9.17, 15) is 19.5 Å². The Morgan fingerprint density at radius 2 is 1.72 bits per heavy atom. The number of carboxylic acids is 1. The van der Waals surface area contributed by atoms with Crippen molar-refractivity contribution in [2.75, 3.05) is 5.32 Å². The lowest BCUT2D eigenvalue weighted by Gasteiger charge is -2.24. The average molecular weight is 344 g/mol. The molecule has 1 aliphatic rings. The number of carboxylic acid groups (broad SMARTS) is 1. The number of nitrogens with one attached hydrogen (secondary N) is 2. The second-order valence-corrected chi connectivity index (χ2v) is 6.34. The van der Waals surface area contributed by atoms with Crippen LogP contribution in [0.5, 0.6) is 0 Å². The van der Waals surface area contributed by atoms with E-state index in [0.29, 0.717) is 24.1 Å². The standard InChI is InChI=1S/C19H24N2O4/c1-3-12(2)20-17(22)13-8-10-14(11-9-13)21-18(23)15-6-4-5-7-16(15)19(24)25/h4-5,8-12,15-16H,3,6-7H2,1-2H3,(H,20,22)(H,21,23)(H,24,25)/t12-,15-,16-/m0/s1. The summed E-state index contributed by atoms with van der Waals surface area (Å²) in [6.07, 6.45) is 5.26. The summed E-state index contributed by atoms with van der Waals surface area (Å²) in [7, 11) is 0. The molecule has 3 N–H and O–H groups in total. The summed E-state index contributed by atoms with van der Waals surface area (Å²) >= 11 is 0. The van der Waals surface area contributed by atoms with Crippen LogP contribution < -0.4 is 10.6 Å². The summed E-state index contributed by atoms with van der Waals surface area (Å²) < 4.78 is 0. The van der Waals surface area contributed by atoms with Crippen LogP contribution in [0.4, 0.5) is 5.69 Å². The number of anilines is 1. The van der Waals surface area contributed by atoms with Gasteiger partial charge in [0.1, 0.15) is 0 Å². The smallest absolute Gasteiger partial charge is 0.307 e. The van der Waals surface area contributed by atoms with E-state index in [4.69, 9.17) is 0 Å². The number of allylic oxidation sites excluding steroid dienone is 2. The lowest BCUT2D eigenvalue weighted by atomic mass is 9.82. The van der Waals surface area contributed by atoms with E-state index in [-0.39, 0.29) is 17.9 Å². The van der Waals surface area contributed by atoms with E-state index in [0.717, 1.165) is 6.42 Å². The zero-order valence-electron chi connectivity index (χ0n) is 14.5. The van der Waals surface area contributed by atoms with Gasteiger partial charge in [-0.1, -0.05) is 19.1 Å². The summed E-state index contributed by atoms with van der Waals surface area (Å²) in [5.41, 5.74) is 1.06. The summed E-state index contributed by atoms with van der Waals surface area (Å²) in [4.78, 5) is 35.7. The van der Waals surface area contributed by atoms with Crippen molar-refractivity contribution >= 4 is 23.5 Å². The minimum Gasteiger partial charge on any atom is -0.481 e. The van der Waals surface area contributed by atoms with Gasteiger partial charge in [-0.2, -0.15) is 0 Å². The van der Waals surface area contributed by atoms with E-state index in [2.05, 4.69) is 10.6 Å². The van der Waals surface area contributed by atoms with E-state index < -0.39 is 17.8 Å². The van der Waals surface area contributed by atoms with Gasteiger partial charge < -0.3 is 15.7 Å². The molecule has 1 aromatic carbocycles. The van der Waals surface area contributed by atoms with Crippen molar-refractivity contribution in [2.45, 2.75) is 39.2 Å². The Balaban J connectivity index is 2.00. The predicted octanol–water partition coefficient (Wildman–Crippen LogP) is 2.82. The van der Waals surface area contributed by atoms with E-state index in [1.54, 1.807) is 30.3 Å². The van der Waals surface area contributed by atoms with Crippen LogP contribution in [0.2, 0.25) is 0 Å². The van der Waals surface area contributed by atoms with Crippen LogP contribution >= 0.6 is 0 Å². The molecule has 0 saturated heterocycles. The van der Waals surface area contributed by atoms with Crippen molar-refractivity contribution in [3.63, 3.8) is 0 Å². The maximum Gasteiger partial charge on any atom is 0.307 e. The lowest BCUT2D eigenvalue weighted by Crippen LogP contribution is -2.34. The van der Waals surface area contributed by atoms with Gasteiger partial charge in [-0.05, 0) is 50.5 Å². The number of carbonyl (C=O) groups is 3. The third kappa shape index (κ3) is 4.92. The molecule has 0 radical (unpaired) electrons. The molecule has 2 amide bonds. The molecular weight excluding hydrogens is 320 g/mol. The second kappa shape index (κ2) is 8.46. The molecule has 3 atom stereocenters. The highest BCUT2D eigenvalue weighted by atomic mass is 16.4. The minimum absolute atomic E-state index is 0.0965. The van der Waals surface area contributed by atoms with Gasteiger partial charge in [0.05, 0.1) is 11.8 Å². The van der Waals surface area contributed by atoms with E-state index in [1.807, 2.05) is 19.9 Å². The summed E-state index contributed by atoms with van der Waals surface area (Å²) in [5, 5.41) is 14.9. The fourth-order valence-electron chi connectivity index (χ4n) is 2.73. The molecule has 0 aliphatic heterocycles. The second-order valence-electron chi connectivity index (χ2n) is 6.34. The van der Waals surface area contributed by atoms with Crippen molar-refractivity contribution < 1.29 is 19.5 Å². The molecule has 1 aliphatic carbocycles. The maximum absolute atomic E-state index is 12.4. The fourth-order valence-corrected chi connectivity index (χ4v) is 2.73. The number of benzene rings is 1. The quantitative estimate of drug-likeness (QED) is 0.692. The van der Waals surface area contributed by atoms with Crippen molar-refractivity contribution in [3.8, 4) is 0 Å². The molecule has 134 valence electrons. The van der Waals surface area contributed by atoms with Crippen molar-refractivity contribution in [1.29, 1.82) is 0 Å². The average Bonchev–Trinajstić information content (AvgIpc) is 2.62. The Morgan fingerprint density at radius 3 is 2.28 bits per heavy atom. The number of amides is 2. The summed E-state index contributed by atoms with van der Waals surface area (Å²) in [6, 6.07) is 6.68. The minimum atomic E-state index is -0.957. The normalized spacial score (nSPS) is 20.6. The molecule has 0 unspecified atom stereocenters. The van der Waals surface area contributed by atoms with Crippen LogP contribution in [0, 0.1) is 11.8 Å². The largest absolute Gasteiger partial charge is 0.481 e. The predicted molar refractivity (Wildman–Crippen MR) is 95.3 cm³/mol. The maximum atomic E-state index is 12.4. The Kier molecular flexibility index (Phi) is 6.33. The first-order chi connectivity index (χ1) is 11.9. The van der Waals surface area contributed by atoms with Crippen LogP contribution in [0.3, 0.4) is 0 Å². The lowest BCUT2D eigenvalue weighted by molar-refractivity contribution is -0.146. The van der Waals surface area contributed by atoms with Crippen LogP contribution in [0.25, 0.3) is 0 Å². The number of rotatable bonds is 6. The Hall–Kier alpha value is -2.63. The molecule has 0 saturated carbocycles. The van der Waals surface area contributed by atoms with Crippen LogP contribution in [0.15, 0.2) is 36.4 Å². The summed E-state index contributed by atoms with van der Waals surface area (Å²) in [6.45, 7) is 3.93. The van der Waals surface area contributed by atoms with Crippen molar-refractivity contribution in [3.05, 3.63) is 42.0 Å². The molecule has 0 bridgehead atoms. The summed E-state index contributed by atoms with van der Waals surface area (Å²) in [5.74, 6) is -2.72. The number of carbonyl (C=O) groups excluding carboxylic acids is 2. The SMILES string of the molecule is CC[C@H](C)NC(=O)c1ccc(NC(=O)[C@H]2CC=CC[C@@H]2C(=O)O)cc1. The number of hydrogen-bond acceptors (Lipinski definition) is 3. The molecule has 2 rings (SSSR count). The molecular formula is C19H24N2O4.